The lowest BCUT2D eigenvalue weighted by atomic mass is 10.1. The Kier molecular flexibility index (Phi) is 6.78. The predicted molar refractivity (Wildman–Crippen MR) is 95.7 cm³/mol. The zero-order valence-electron chi connectivity index (χ0n) is 14.8. The molecule has 0 spiro atoms. The van der Waals surface area contributed by atoms with Crippen LogP contribution in [0.15, 0.2) is 48.5 Å². The lowest BCUT2D eigenvalue weighted by Crippen LogP contribution is -2.39. The number of carbonyl (C=O) groups excluding carboxylic acids is 1. The third kappa shape index (κ3) is 5.71. The van der Waals surface area contributed by atoms with Gasteiger partial charge in [0.05, 0.1) is 11.0 Å². The average molecular weight is 379 g/mol. The van der Waals surface area contributed by atoms with Crippen LogP contribution in [0.4, 0.5) is 20.2 Å². The van der Waals surface area contributed by atoms with Crippen molar-refractivity contribution in [3.05, 3.63) is 64.2 Å². The maximum Gasteiger partial charge on any atom is 0.387 e. The summed E-state index contributed by atoms with van der Waals surface area (Å²) in [5.74, 6) is -0.344. The number of likely N-dealkylation sites (N-methyl/N-ethyl adjacent to an activating group) is 1. The Morgan fingerprint density at radius 1 is 1.22 bits per heavy atom. The van der Waals surface area contributed by atoms with Crippen molar-refractivity contribution in [2.45, 2.75) is 26.1 Å². The first-order chi connectivity index (χ1) is 12.8. The molecular formula is C18H19F2N3O4. The highest BCUT2D eigenvalue weighted by Gasteiger charge is 2.21. The molecular weight excluding hydrogens is 360 g/mol. The number of ether oxygens (including phenoxy) is 1. The second-order valence-corrected chi connectivity index (χ2v) is 5.88. The maximum absolute atomic E-state index is 12.4. The third-order valence-electron chi connectivity index (χ3n) is 3.98. The van der Waals surface area contributed by atoms with E-state index in [2.05, 4.69) is 10.1 Å². The van der Waals surface area contributed by atoms with Crippen molar-refractivity contribution in [3.8, 4) is 5.75 Å². The van der Waals surface area contributed by atoms with Crippen molar-refractivity contribution >= 4 is 17.3 Å². The zero-order chi connectivity index (χ0) is 20.0. The summed E-state index contributed by atoms with van der Waals surface area (Å²) in [6, 6.07) is 11.4. The van der Waals surface area contributed by atoms with Gasteiger partial charge in [0, 0.05) is 12.6 Å². The summed E-state index contributed by atoms with van der Waals surface area (Å²) >= 11 is 0. The summed E-state index contributed by atoms with van der Waals surface area (Å²) in [5, 5.41) is 13.6. The van der Waals surface area contributed by atoms with E-state index >= 15 is 0 Å². The standard InChI is InChI=1S/C18H19F2N3O4/c1-12(17(24)21-15-5-3-4-6-16(15)23(25)26)22(2)11-13-7-9-14(10-8-13)27-18(19)20/h3-10,12,18H,11H2,1-2H3,(H,21,24). The van der Waals surface area contributed by atoms with Gasteiger partial charge >= 0.3 is 6.61 Å². The summed E-state index contributed by atoms with van der Waals surface area (Å²) in [7, 11) is 1.72. The molecule has 7 nitrogen and oxygen atoms in total. The average Bonchev–Trinajstić information content (AvgIpc) is 2.62. The highest BCUT2D eigenvalue weighted by molar-refractivity contribution is 5.96. The van der Waals surface area contributed by atoms with E-state index in [-0.39, 0.29) is 17.1 Å². The molecule has 0 bridgehead atoms. The minimum atomic E-state index is -2.88. The molecule has 0 aromatic heterocycles. The van der Waals surface area contributed by atoms with E-state index in [1.54, 1.807) is 37.1 Å². The van der Waals surface area contributed by atoms with Crippen LogP contribution in [0.25, 0.3) is 0 Å². The van der Waals surface area contributed by atoms with Crippen LogP contribution in [0.3, 0.4) is 0 Å². The molecule has 1 atom stereocenters. The van der Waals surface area contributed by atoms with Gasteiger partial charge in [-0.3, -0.25) is 19.8 Å². The molecule has 0 heterocycles. The van der Waals surface area contributed by atoms with E-state index in [0.717, 1.165) is 5.56 Å². The molecule has 0 aliphatic carbocycles. The summed E-state index contributed by atoms with van der Waals surface area (Å²) in [4.78, 5) is 24.6. The molecule has 0 aliphatic rings. The first-order valence-corrected chi connectivity index (χ1v) is 8.06. The van der Waals surface area contributed by atoms with Crippen LogP contribution in [-0.4, -0.2) is 35.4 Å². The number of hydrogen-bond donors (Lipinski definition) is 1. The lowest BCUT2D eigenvalue weighted by Gasteiger charge is -2.24. The number of halogens is 2. The van der Waals surface area contributed by atoms with E-state index < -0.39 is 23.5 Å². The van der Waals surface area contributed by atoms with Gasteiger partial charge in [0.15, 0.2) is 0 Å². The van der Waals surface area contributed by atoms with Crippen molar-refractivity contribution in [1.82, 2.24) is 4.90 Å². The van der Waals surface area contributed by atoms with Gasteiger partial charge < -0.3 is 10.1 Å². The molecule has 27 heavy (non-hydrogen) atoms. The van der Waals surface area contributed by atoms with Gasteiger partial charge in [-0.05, 0) is 37.7 Å². The Morgan fingerprint density at radius 2 is 1.85 bits per heavy atom. The van der Waals surface area contributed by atoms with Gasteiger partial charge in [-0.15, -0.1) is 0 Å². The second-order valence-electron chi connectivity index (χ2n) is 5.88. The van der Waals surface area contributed by atoms with E-state index in [9.17, 15) is 23.7 Å². The van der Waals surface area contributed by atoms with Crippen LogP contribution in [0, 0.1) is 10.1 Å². The number of carbonyl (C=O) groups is 1. The molecule has 144 valence electrons. The van der Waals surface area contributed by atoms with Crippen molar-refractivity contribution < 1.29 is 23.2 Å². The van der Waals surface area contributed by atoms with Crippen molar-refractivity contribution in [1.29, 1.82) is 0 Å². The molecule has 1 amide bonds. The number of nitrogens with one attached hydrogen (secondary N) is 1. The molecule has 2 aromatic rings. The van der Waals surface area contributed by atoms with Crippen LogP contribution in [0.5, 0.6) is 5.75 Å². The summed E-state index contributed by atoms with van der Waals surface area (Å²) in [6.45, 7) is -0.844. The molecule has 9 heteroatoms. The van der Waals surface area contributed by atoms with Crippen LogP contribution < -0.4 is 10.1 Å². The van der Waals surface area contributed by atoms with Crippen LogP contribution >= 0.6 is 0 Å². The highest BCUT2D eigenvalue weighted by Crippen LogP contribution is 2.23. The monoisotopic (exact) mass is 379 g/mol. The molecule has 0 saturated carbocycles. The number of hydrogen-bond acceptors (Lipinski definition) is 5. The minimum absolute atomic E-state index is 0.0542. The number of amides is 1. The van der Waals surface area contributed by atoms with E-state index in [4.69, 9.17) is 0 Å². The Bertz CT molecular complexity index is 799. The van der Waals surface area contributed by atoms with E-state index in [1.165, 1.54) is 30.3 Å². The van der Waals surface area contributed by atoms with Crippen molar-refractivity contribution in [3.63, 3.8) is 0 Å². The van der Waals surface area contributed by atoms with Gasteiger partial charge in [-0.2, -0.15) is 8.78 Å². The summed E-state index contributed by atoms with van der Waals surface area (Å²) in [5.41, 5.74) is 0.737. The van der Waals surface area contributed by atoms with Crippen LogP contribution in [0.2, 0.25) is 0 Å². The Labute approximate surface area is 154 Å². The van der Waals surface area contributed by atoms with Gasteiger partial charge in [0.2, 0.25) is 5.91 Å². The van der Waals surface area contributed by atoms with Crippen molar-refractivity contribution in [2.75, 3.05) is 12.4 Å². The largest absolute Gasteiger partial charge is 0.435 e. The number of nitrogens with zero attached hydrogens (tertiary/aromatic N) is 2. The van der Waals surface area contributed by atoms with Gasteiger partial charge in [-0.1, -0.05) is 24.3 Å². The smallest absolute Gasteiger partial charge is 0.387 e. The topological polar surface area (TPSA) is 84.7 Å². The second kappa shape index (κ2) is 9.04. The molecule has 0 saturated heterocycles. The number of alkyl halides is 2. The highest BCUT2D eigenvalue weighted by atomic mass is 19.3. The fraction of sp³-hybridized carbons (Fsp3) is 0.278. The van der Waals surface area contributed by atoms with Gasteiger partial charge in [-0.25, -0.2) is 0 Å². The molecule has 1 unspecified atom stereocenters. The number of nitro benzene ring substituents is 1. The predicted octanol–water partition coefficient (Wildman–Crippen LogP) is 3.66. The normalized spacial score (nSPS) is 12.1. The molecule has 2 rings (SSSR count). The quantitative estimate of drug-likeness (QED) is 0.559. The first kappa shape index (κ1) is 20.2. The number of anilines is 1. The number of benzene rings is 2. The zero-order valence-corrected chi connectivity index (χ0v) is 14.8. The molecule has 0 aliphatic heterocycles. The van der Waals surface area contributed by atoms with E-state index in [1.807, 2.05) is 0 Å². The SMILES string of the molecule is CC(C(=O)Nc1ccccc1[N+](=O)[O-])N(C)Cc1ccc(OC(F)F)cc1. The summed E-state index contributed by atoms with van der Waals surface area (Å²) < 4.78 is 28.6. The van der Waals surface area contributed by atoms with Gasteiger partial charge in [0.25, 0.3) is 5.69 Å². The lowest BCUT2D eigenvalue weighted by molar-refractivity contribution is -0.383. The summed E-state index contributed by atoms with van der Waals surface area (Å²) in [6.07, 6.45) is 0. The van der Waals surface area contributed by atoms with Crippen LogP contribution in [0.1, 0.15) is 12.5 Å². The Balaban J connectivity index is 1.99. The van der Waals surface area contributed by atoms with Crippen molar-refractivity contribution in [2.24, 2.45) is 0 Å². The Morgan fingerprint density at radius 3 is 2.44 bits per heavy atom. The fourth-order valence-corrected chi connectivity index (χ4v) is 2.38. The third-order valence-corrected chi connectivity index (χ3v) is 3.98. The minimum Gasteiger partial charge on any atom is -0.435 e. The van der Waals surface area contributed by atoms with E-state index in [0.29, 0.717) is 6.54 Å². The molecule has 2 aromatic carbocycles. The number of para-hydroxylation sites is 2. The Hall–Kier alpha value is -3.07. The van der Waals surface area contributed by atoms with Gasteiger partial charge in [0.1, 0.15) is 11.4 Å². The number of nitro groups is 1. The fourth-order valence-electron chi connectivity index (χ4n) is 2.38. The van der Waals surface area contributed by atoms with Crippen LogP contribution in [-0.2, 0) is 11.3 Å². The maximum atomic E-state index is 12.4. The first-order valence-electron chi connectivity index (χ1n) is 8.06. The molecule has 1 N–H and O–H groups in total. The molecule has 0 radical (unpaired) electrons. The number of rotatable bonds is 8. The molecule has 0 fully saturated rings.